The Balaban J connectivity index is 1.71. The standard InChI is InChI=1S/C21H28N2O4S/c1-17-11-13-19(14-12-17)27-16-18(2)22-21(24)10-7-15-23(3)28(25,26)20-8-5-4-6-9-20/h4-6,8-9,11-14,18H,7,10,15-16H2,1-3H3,(H,22,24). The Morgan fingerprint density at radius 2 is 1.75 bits per heavy atom. The summed E-state index contributed by atoms with van der Waals surface area (Å²) in [7, 11) is -1.99. The SMILES string of the molecule is Cc1ccc(OCC(C)NC(=O)CCCN(C)S(=O)(=O)c2ccccc2)cc1. The minimum atomic E-state index is -3.52. The third kappa shape index (κ3) is 6.65. The number of hydrogen-bond donors (Lipinski definition) is 1. The molecular formula is C21H28N2O4S. The molecule has 1 amide bonds. The molecule has 2 rings (SSSR count). The van der Waals surface area contributed by atoms with Crippen LogP contribution in [0.2, 0.25) is 0 Å². The third-order valence-corrected chi connectivity index (χ3v) is 6.13. The average molecular weight is 405 g/mol. The zero-order valence-corrected chi connectivity index (χ0v) is 17.4. The molecular weight excluding hydrogens is 376 g/mol. The number of nitrogens with one attached hydrogen (secondary N) is 1. The van der Waals surface area contributed by atoms with Gasteiger partial charge in [0.05, 0.1) is 10.9 Å². The summed E-state index contributed by atoms with van der Waals surface area (Å²) in [6.07, 6.45) is 0.698. The van der Waals surface area contributed by atoms with Crippen LogP contribution >= 0.6 is 0 Å². The molecule has 0 radical (unpaired) electrons. The Labute approximate surface area is 167 Å². The summed E-state index contributed by atoms with van der Waals surface area (Å²) < 4.78 is 31.8. The molecule has 0 spiro atoms. The Morgan fingerprint density at radius 1 is 1.11 bits per heavy atom. The van der Waals surface area contributed by atoms with Gasteiger partial charge in [0.15, 0.2) is 0 Å². The lowest BCUT2D eigenvalue weighted by molar-refractivity contribution is -0.122. The van der Waals surface area contributed by atoms with Crippen LogP contribution in [0.15, 0.2) is 59.5 Å². The maximum absolute atomic E-state index is 12.4. The topological polar surface area (TPSA) is 75.7 Å². The predicted octanol–water partition coefficient (Wildman–Crippen LogP) is 2.98. The van der Waals surface area contributed by atoms with Crippen LogP contribution in [0.4, 0.5) is 0 Å². The van der Waals surface area contributed by atoms with E-state index in [1.54, 1.807) is 30.3 Å². The van der Waals surface area contributed by atoms with Crippen molar-refractivity contribution < 1.29 is 17.9 Å². The summed E-state index contributed by atoms with van der Waals surface area (Å²) in [5, 5.41) is 2.87. The molecule has 152 valence electrons. The minimum absolute atomic E-state index is 0.120. The van der Waals surface area contributed by atoms with Crippen molar-refractivity contribution in [2.24, 2.45) is 0 Å². The highest BCUT2D eigenvalue weighted by Crippen LogP contribution is 2.14. The third-order valence-electron chi connectivity index (χ3n) is 4.26. The van der Waals surface area contributed by atoms with Gasteiger partial charge in [0, 0.05) is 20.0 Å². The van der Waals surface area contributed by atoms with E-state index in [9.17, 15) is 13.2 Å². The molecule has 0 aliphatic carbocycles. The van der Waals surface area contributed by atoms with Crippen LogP contribution in [-0.4, -0.2) is 44.9 Å². The van der Waals surface area contributed by atoms with Crippen LogP contribution in [0.1, 0.15) is 25.3 Å². The molecule has 0 saturated heterocycles. The summed E-state index contributed by atoms with van der Waals surface area (Å²) in [4.78, 5) is 12.3. The number of sulfonamides is 1. The second-order valence-corrected chi connectivity index (χ2v) is 8.88. The van der Waals surface area contributed by atoms with E-state index in [0.717, 1.165) is 11.3 Å². The summed E-state index contributed by atoms with van der Waals surface area (Å²) in [6, 6.07) is 15.9. The van der Waals surface area contributed by atoms with Gasteiger partial charge in [0.1, 0.15) is 12.4 Å². The lowest BCUT2D eigenvalue weighted by Crippen LogP contribution is -2.37. The second kappa shape index (κ2) is 10.2. The monoisotopic (exact) mass is 404 g/mol. The smallest absolute Gasteiger partial charge is 0.242 e. The van der Waals surface area contributed by atoms with Crippen LogP contribution in [0.3, 0.4) is 0 Å². The molecule has 28 heavy (non-hydrogen) atoms. The first-order valence-electron chi connectivity index (χ1n) is 9.29. The zero-order valence-electron chi connectivity index (χ0n) is 16.6. The van der Waals surface area contributed by atoms with Crippen molar-refractivity contribution in [3.63, 3.8) is 0 Å². The predicted molar refractivity (Wildman–Crippen MR) is 110 cm³/mol. The molecule has 0 heterocycles. The van der Waals surface area contributed by atoms with Gasteiger partial charge < -0.3 is 10.1 Å². The maximum atomic E-state index is 12.4. The van der Waals surface area contributed by atoms with Crippen molar-refractivity contribution in [1.29, 1.82) is 0 Å². The maximum Gasteiger partial charge on any atom is 0.242 e. The fourth-order valence-electron chi connectivity index (χ4n) is 2.60. The van der Waals surface area contributed by atoms with Crippen LogP contribution in [0, 0.1) is 6.92 Å². The highest BCUT2D eigenvalue weighted by molar-refractivity contribution is 7.89. The number of carbonyl (C=O) groups excluding carboxylic acids is 1. The number of hydrogen-bond acceptors (Lipinski definition) is 4. The van der Waals surface area contributed by atoms with E-state index in [0.29, 0.717) is 13.0 Å². The number of nitrogens with zero attached hydrogens (tertiary/aromatic N) is 1. The summed E-state index contributed by atoms with van der Waals surface area (Å²) in [6.45, 7) is 4.53. The number of carbonyl (C=O) groups is 1. The molecule has 0 saturated carbocycles. The molecule has 1 atom stereocenters. The Morgan fingerprint density at radius 3 is 2.39 bits per heavy atom. The molecule has 2 aromatic carbocycles. The fraction of sp³-hybridized carbons (Fsp3) is 0.381. The van der Waals surface area contributed by atoms with Gasteiger partial charge in [0.2, 0.25) is 15.9 Å². The van der Waals surface area contributed by atoms with Crippen LogP contribution in [0.5, 0.6) is 5.75 Å². The first-order valence-corrected chi connectivity index (χ1v) is 10.7. The molecule has 2 aromatic rings. The van der Waals surface area contributed by atoms with Crippen molar-refractivity contribution in [2.45, 2.75) is 37.6 Å². The lowest BCUT2D eigenvalue weighted by atomic mass is 10.2. The van der Waals surface area contributed by atoms with Crippen molar-refractivity contribution in [3.8, 4) is 5.75 Å². The van der Waals surface area contributed by atoms with Gasteiger partial charge in [-0.3, -0.25) is 4.79 Å². The number of amides is 1. The average Bonchev–Trinajstić information content (AvgIpc) is 2.68. The van der Waals surface area contributed by atoms with Crippen molar-refractivity contribution in [2.75, 3.05) is 20.2 Å². The quantitative estimate of drug-likeness (QED) is 0.661. The molecule has 7 heteroatoms. The van der Waals surface area contributed by atoms with Gasteiger partial charge in [-0.25, -0.2) is 12.7 Å². The van der Waals surface area contributed by atoms with Gasteiger partial charge in [-0.05, 0) is 44.5 Å². The number of benzene rings is 2. The number of aryl methyl sites for hydroxylation is 1. The van der Waals surface area contributed by atoms with Gasteiger partial charge in [-0.2, -0.15) is 0 Å². The minimum Gasteiger partial charge on any atom is -0.491 e. The molecule has 1 unspecified atom stereocenters. The first kappa shape index (κ1) is 21.9. The summed E-state index contributed by atoms with van der Waals surface area (Å²) in [5.74, 6) is 0.643. The van der Waals surface area contributed by atoms with Crippen molar-refractivity contribution in [3.05, 3.63) is 60.2 Å². The van der Waals surface area contributed by atoms with E-state index in [4.69, 9.17) is 4.74 Å². The molecule has 0 aromatic heterocycles. The summed E-state index contributed by atoms with van der Waals surface area (Å²) >= 11 is 0. The molecule has 0 aliphatic heterocycles. The van der Waals surface area contributed by atoms with E-state index < -0.39 is 10.0 Å². The van der Waals surface area contributed by atoms with Gasteiger partial charge in [-0.1, -0.05) is 35.9 Å². The summed E-state index contributed by atoms with van der Waals surface area (Å²) in [5.41, 5.74) is 1.16. The first-order chi connectivity index (χ1) is 13.3. The molecule has 0 aliphatic rings. The number of rotatable bonds is 10. The largest absolute Gasteiger partial charge is 0.491 e. The lowest BCUT2D eigenvalue weighted by Gasteiger charge is -2.18. The molecule has 0 fully saturated rings. The van der Waals surface area contributed by atoms with E-state index in [1.165, 1.54) is 11.4 Å². The molecule has 0 bridgehead atoms. The van der Waals surface area contributed by atoms with Crippen LogP contribution in [-0.2, 0) is 14.8 Å². The fourth-order valence-corrected chi connectivity index (χ4v) is 3.83. The van der Waals surface area contributed by atoms with Crippen LogP contribution in [0.25, 0.3) is 0 Å². The van der Waals surface area contributed by atoms with E-state index in [2.05, 4.69) is 5.32 Å². The van der Waals surface area contributed by atoms with E-state index in [1.807, 2.05) is 38.1 Å². The zero-order chi connectivity index (χ0) is 20.6. The Kier molecular flexibility index (Phi) is 8.02. The highest BCUT2D eigenvalue weighted by atomic mass is 32.2. The Bertz CT molecular complexity index is 852. The van der Waals surface area contributed by atoms with Gasteiger partial charge in [-0.15, -0.1) is 0 Å². The van der Waals surface area contributed by atoms with Crippen molar-refractivity contribution >= 4 is 15.9 Å². The molecule has 6 nitrogen and oxygen atoms in total. The normalized spacial score (nSPS) is 12.6. The second-order valence-electron chi connectivity index (χ2n) is 6.84. The Hall–Kier alpha value is -2.38. The highest BCUT2D eigenvalue weighted by Gasteiger charge is 2.20. The van der Waals surface area contributed by atoms with Crippen molar-refractivity contribution in [1.82, 2.24) is 9.62 Å². The number of ether oxygens (including phenoxy) is 1. The molecule has 1 N–H and O–H groups in total. The van der Waals surface area contributed by atoms with E-state index >= 15 is 0 Å². The van der Waals surface area contributed by atoms with E-state index in [-0.39, 0.29) is 29.8 Å². The van der Waals surface area contributed by atoms with Gasteiger partial charge >= 0.3 is 0 Å². The van der Waals surface area contributed by atoms with Gasteiger partial charge in [0.25, 0.3) is 0 Å². The van der Waals surface area contributed by atoms with Crippen LogP contribution < -0.4 is 10.1 Å².